The summed E-state index contributed by atoms with van der Waals surface area (Å²) in [5.74, 6) is -1.29. The Morgan fingerprint density at radius 1 is 0.972 bits per heavy atom. The number of rotatable bonds is 3. The first kappa shape index (κ1) is 23.9. The molecule has 0 amide bonds. The van der Waals surface area contributed by atoms with E-state index in [1.54, 1.807) is 19.9 Å². The maximum atomic E-state index is 13.6. The molecular weight excluding hydrogens is 462 g/mol. The van der Waals surface area contributed by atoms with E-state index in [9.17, 15) is 24.4 Å². The van der Waals surface area contributed by atoms with Gasteiger partial charge in [-0.1, -0.05) is 6.92 Å². The van der Waals surface area contributed by atoms with Crippen molar-refractivity contribution in [2.24, 2.45) is 0 Å². The van der Waals surface area contributed by atoms with Crippen LogP contribution in [0.1, 0.15) is 33.6 Å². The van der Waals surface area contributed by atoms with E-state index in [1.165, 1.54) is 14.2 Å². The Kier molecular flexibility index (Phi) is 5.41. The van der Waals surface area contributed by atoms with Crippen LogP contribution in [0.25, 0.3) is 0 Å². The minimum atomic E-state index is -0.706. The van der Waals surface area contributed by atoms with Gasteiger partial charge in [0.1, 0.15) is 6.04 Å². The summed E-state index contributed by atoms with van der Waals surface area (Å²) < 4.78 is 10.6. The lowest BCUT2D eigenvalue weighted by molar-refractivity contribution is -0.121. The van der Waals surface area contributed by atoms with Gasteiger partial charge < -0.3 is 14.4 Å². The van der Waals surface area contributed by atoms with Crippen LogP contribution in [-0.4, -0.2) is 78.4 Å². The molecule has 0 radical (unpaired) electrons. The molecule has 3 aliphatic heterocycles. The van der Waals surface area contributed by atoms with E-state index >= 15 is 0 Å². The Morgan fingerprint density at radius 3 is 2.11 bits per heavy atom. The van der Waals surface area contributed by atoms with Crippen molar-refractivity contribution < 1.29 is 28.7 Å². The number of nitriles is 1. The van der Waals surface area contributed by atoms with Crippen molar-refractivity contribution in [1.82, 2.24) is 9.80 Å². The molecule has 0 aromatic carbocycles. The summed E-state index contributed by atoms with van der Waals surface area (Å²) in [6.45, 7) is 5.02. The molecule has 186 valence electrons. The van der Waals surface area contributed by atoms with E-state index in [0.717, 1.165) is 0 Å². The molecule has 0 unspecified atom stereocenters. The molecule has 0 aromatic heterocycles. The lowest BCUT2D eigenvalue weighted by Gasteiger charge is -2.57. The number of ether oxygens (including phenoxy) is 2. The number of nitrogens with zero attached hydrogens (tertiary/aromatic N) is 3. The number of hydrogen-bond acceptors (Lipinski definition) is 9. The molecule has 9 nitrogen and oxygen atoms in total. The fourth-order valence-electron chi connectivity index (χ4n) is 6.47. The average molecular weight is 490 g/mol. The number of piperazine rings is 1. The van der Waals surface area contributed by atoms with Gasteiger partial charge in [-0.2, -0.15) is 5.26 Å². The van der Waals surface area contributed by atoms with Gasteiger partial charge in [0, 0.05) is 45.2 Å². The zero-order valence-electron chi connectivity index (χ0n) is 21.1. The Balaban J connectivity index is 1.78. The topological polar surface area (TPSA) is 117 Å². The zero-order chi connectivity index (χ0) is 26.2. The van der Waals surface area contributed by atoms with Crippen LogP contribution in [0.5, 0.6) is 0 Å². The molecule has 1 fully saturated rings. The number of Topliss-reactive ketones (excluding diaryl/α,β-unsaturated/α-hetero) is 4. The largest absolute Gasteiger partial charge is 0.492 e. The Labute approximate surface area is 209 Å². The highest BCUT2D eigenvalue weighted by Crippen LogP contribution is 2.49. The Hall–Kier alpha value is -3.77. The average Bonchev–Trinajstić information content (AvgIpc) is 2.86. The van der Waals surface area contributed by atoms with Crippen LogP contribution >= 0.6 is 0 Å². The molecule has 5 rings (SSSR count). The highest BCUT2D eigenvalue weighted by Gasteiger charge is 2.56. The van der Waals surface area contributed by atoms with Crippen molar-refractivity contribution in [3.05, 3.63) is 56.7 Å². The molecule has 9 heteroatoms. The van der Waals surface area contributed by atoms with Crippen molar-refractivity contribution in [1.29, 1.82) is 5.26 Å². The molecule has 0 aromatic rings. The van der Waals surface area contributed by atoms with Gasteiger partial charge in [0.25, 0.3) is 0 Å². The molecule has 5 aliphatic rings. The quantitative estimate of drug-likeness (QED) is 0.546. The molecule has 0 spiro atoms. The summed E-state index contributed by atoms with van der Waals surface area (Å²) in [6.07, 6.45) is 2.30. The molecule has 2 bridgehead atoms. The number of ketones is 4. The van der Waals surface area contributed by atoms with Crippen LogP contribution in [0.3, 0.4) is 0 Å². The molecule has 2 aliphatic carbocycles. The van der Waals surface area contributed by atoms with Crippen LogP contribution in [-0.2, 0) is 28.7 Å². The number of allylic oxidation sites excluding steroid dienone is 6. The predicted octanol–water partition coefficient (Wildman–Crippen LogP) is 1.68. The summed E-state index contributed by atoms with van der Waals surface area (Å²) >= 11 is 0. The maximum absolute atomic E-state index is 13.6. The molecule has 0 saturated carbocycles. The van der Waals surface area contributed by atoms with Crippen LogP contribution in [0.4, 0.5) is 0 Å². The Bertz CT molecular complexity index is 1370. The van der Waals surface area contributed by atoms with Crippen LogP contribution < -0.4 is 0 Å². The lowest BCUT2D eigenvalue weighted by Crippen LogP contribution is -2.67. The van der Waals surface area contributed by atoms with Crippen molar-refractivity contribution in [3.63, 3.8) is 0 Å². The standard InChI is InChI=1S/C27H27N3O6/c1-7-15-19-13(22(31)11(2)26(35-5)24(19)33)9-17-21-20-14(23(32)12(3)27(36-6)25(20)34)8-16(29(21)4)18(10-28)30(15)17/h9,15-16,18,21H,7-8H2,1-6H3/t15-,16-,18-,21+/m0/s1. The van der Waals surface area contributed by atoms with E-state index in [4.69, 9.17) is 9.47 Å². The first-order chi connectivity index (χ1) is 17.1. The number of likely N-dealkylation sites (N-methyl/N-ethyl adjacent to an activating group) is 1. The highest BCUT2D eigenvalue weighted by molar-refractivity contribution is 6.27. The minimum absolute atomic E-state index is 0.00958. The van der Waals surface area contributed by atoms with E-state index in [1.807, 2.05) is 23.8 Å². The van der Waals surface area contributed by atoms with E-state index < -0.39 is 24.2 Å². The van der Waals surface area contributed by atoms with Crippen LogP contribution in [0, 0.1) is 11.3 Å². The maximum Gasteiger partial charge on any atom is 0.226 e. The van der Waals surface area contributed by atoms with Gasteiger partial charge in [-0.05, 0) is 39.8 Å². The summed E-state index contributed by atoms with van der Waals surface area (Å²) in [4.78, 5) is 57.6. The monoisotopic (exact) mass is 489 g/mol. The fourth-order valence-corrected chi connectivity index (χ4v) is 6.47. The molecule has 3 heterocycles. The number of hydrogen-bond donors (Lipinski definition) is 0. The first-order valence-corrected chi connectivity index (χ1v) is 11.9. The number of carbonyl (C=O) groups is 4. The normalized spacial score (nSPS) is 30.2. The fraction of sp³-hybridized carbons (Fsp3) is 0.444. The van der Waals surface area contributed by atoms with Gasteiger partial charge >= 0.3 is 0 Å². The van der Waals surface area contributed by atoms with Crippen molar-refractivity contribution in [3.8, 4) is 6.07 Å². The highest BCUT2D eigenvalue weighted by atomic mass is 16.5. The second-order valence-corrected chi connectivity index (χ2v) is 9.67. The zero-order valence-corrected chi connectivity index (χ0v) is 21.1. The molecule has 0 N–H and O–H groups in total. The van der Waals surface area contributed by atoms with Gasteiger partial charge in [-0.15, -0.1) is 0 Å². The third-order valence-corrected chi connectivity index (χ3v) is 8.15. The molecule has 1 saturated heterocycles. The van der Waals surface area contributed by atoms with Crippen molar-refractivity contribution in [2.45, 2.75) is 57.8 Å². The van der Waals surface area contributed by atoms with Crippen molar-refractivity contribution >= 4 is 23.1 Å². The number of fused-ring (bicyclic) bond motifs is 5. The molecular formula is C27H27N3O6. The van der Waals surface area contributed by atoms with E-state index in [2.05, 4.69) is 6.07 Å². The second kappa shape index (κ2) is 8.14. The van der Waals surface area contributed by atoms with Gasteiger partial charge in [0.15, 0.2) is 23.1 Å². The number of carbonyl (C=O) groups excluding carboxylic acids is 4. The minimum Gasteiger partial charge on any atom is -0.492 e. The third kappa shape index (κ3) is 2.79. The van der Waals surface area contributed by atoms with Crippen LogP contribution in [0.15, 0.2) is 56.7 Å². The summed E-state index contributed by atoms with van der Waals surface area (Å²) in [5.41, 5.74) is 2.29. The summed E-state index contributed by atoms with van der Waals surface area (Å²) in [7, 11) is 4.55. The van der Waals surface area contributed by atoms with Crippen LogP contribution in [0.2, 0.25) is 0 Å². The molecule has 4 atom stereocenters. The van der Waals surface area contributed by atoms with Gasteiger partial charge in [0.2, 0.25) is 11.6 Å². The summed E-state index contributed by atoms with van der Waals surface area (Å²) in [5, 5.41) is 10.3. The van der Waals surface area contributed by atoms with Gasteiger partial charge in [0.05, 0.1) is 32.4 Å². The lowest BCUT2D eigenvalue weighted by atomic mass is 9.70. The predicted molar refractivity (Wildman–Crippen MR) is 127 cm³/mol. The third-order valence-electron chi connectivity index (χ3n) is 8.15. The summed E-state index contributed by atoms with van der Waals surface area (Å²) in [6, 6.07) is 0.0565. The number of methoxy groups -OCH3 is 2. The first-order valence-electron chi connectivity index (χ1n) is 11.9. The van der Waals surface area contributed by atoms with Gasteiger partial charge in [-0.3, -0.25) is 24.1 Å². The van der Waals surface area contributed by atoms with Gasteiger partial charge in [-0.25, -0.2) is 0 Å². The van der Waals surface area contributed by atoms with E-state index in [-0.39, 0.29) is 57.8 Å². The molecule has 36 heavy (non-hydrogen) atoms. The van der Waals surface area contributed by atoms with E-state index in [0.29, 0.717) is 28.8 Å². The smallest absolute Gasteiger partial charge is 0.226 e. The van der Waals surface area contributed by atoms with Crippen molar-refractivity contribution in [2.75, 3.05) is 21.3 Å². The SMILES string of the molecule is CC[C@H]1C2=C(C=C3[C@@H]4C5=C(C[C@@H]([C@H](C#N)N31)N4C)C(=O)C(C)=C(OC)C5=O)C(=O)C(C)=C(OC)C2=O. The second-order valence-electron chi connectivity index (χ2n) is 9.67. The Morgan fingerprint density at radius 2 is 1.56 bits per heavy atom.